The van der Waals surface area contributed by atoms with Crippen LogP contribution >= 0.6 is 0 Å². The Balaban J connectivity index is 1.56. The maximum absolute atomic E-state index is 13.6. The fourth-order valence-electron chi connectivity index (χ4n) is 5.30. The Bertz CT molecular complexity index is 1200. The van der Waals surface area contributed by atoms with Crippen LogP contribution in [-0.4, -0.2) is 47.5 Å². The van der Waals surface area contributed by atoms with Gasteiger partial charge in [-0.05, 0) is 69.4 Å². The number of unbranched alkanes of at least 4 members (excludes halogenated alkanes) is 1. The molecule has 7 nitrogen and oxygen atoms in total. The van der Waals surface area contributed by atoms with E-state index in [1.54, 1.807) is 27.9 Å². The molecule has 0 radical (unpaired) electrons. The zero-order valence-corrected chi connectivity index (χ0v) is 23.3. The highest BCUT2D eigenvalue weighted by atomic mass is 16.6. The summed E-state index contributed by atoms with van der Waals surface area (Å²) in [6.07, 6.45) is 6.70. The number of benzene rings is 2. The lowest BCUT2D eigenvalue weighted by Gasteiger charge is -2.24. The van der Waals surface area contributed by atoms with E-state index in [4.69, 9.17) is 19.2 Å². The zero-order valence-electron chi connectivity index (χ0n) is 23.3. The summed E-state index contributed by atoms with van der Waals surface area (Å²) in [7, 11) is 1.65. The summed E-state index contributed by atoms with van der Waals surface area (Å²) in [5, 5.41) is 0. The summed E-state index contributed by atoms with van der Waals surface area (Å²) in [4.78, 5) is 32.7. The maximum Gasteiger partial charge on any atom is 0.349 e. The maximum atomic E-state index is 13.6. The molecular weight excluding hydrogens is 480 g/mol. The van der Waals surface area contributed by atoms with Crippen LogP contribution in [0.1, 0.15) is 78.2 Å². The van der Waals surface area contributed by atoms with E-state index in [-0.39, 0.29) is 5.91 Å². The Labute approximate surface area is 226 Å². The number of hydrogen-bond donors (Lipinski definition) is 0. The number of methoxy groups -OCH3 is 1. The fourth-order valence-corrected chi connectivity index (χ4v) is 5.30. The van der Waals surface area contributed by atoms with Gasteiger partial charge in [0.25, 0.3) is 5.91 Å². The van der Waals surface area contributed by atoms with Crippen molar-refractivity contribution in [3.63, 3.8) is 0 Å². The number of aliphatic imine (C=N–C) groups is 1. The summed E-state index contributed by atoms with van der Waals surface area (Å²) in [5.41, 5.74) is 1.17. The van der Waals surface area contributed by atoms with Crippen LogP contribution in [0.15, 0.2) is 47.5 Å². The lowest BCUT2D eigenvalue weighted by molar-refractivity contribution is -0.158. The first-order chi connectivity index (χ1) is 18.2. The molecule has 1 heterocycles. The van der Waals surface area contributed by atoms with Gasteiger partial charge in [-0.1, -0.05) is 50.5 Å². The van der Waals surface area contributed by atoms with Crippen LogP contribution in [0.3, 0.4) is 0 Å². The molecule has 0 atom stereocenters. The number of esters is 1. The number of carbonyl (C=O) groups is 2. The molecular formula is C31H40N2O5. The summed E-state index contributed by atoms with van der Waals surface area (Å²) in [6.45, 7) is 8.08. The topological polar surface area (TPSA) is 77.4 Å². The molecule has 2 aromatic carbocycles. The first-order valence-corrected chi connectivity index (χ1v) is 13.8. The van der Waals surface area contributed by atoms with Gasteiger partial charge in [-0.2, -0.15) is 0 Å². The monoisotopic (exact) mass is 520 g/mol. The van der Waals surface area contributed by atoms with Gasteiger partial charge < -0.3 is 14.2 Å². The predicted octanol–water partition coefficient (Wildman–Crippen LogP) is 6.33. The Morgan fingerprint density at radius 1 is 1.08 bits per heavy atom. The van der Waals surface area contributed by atoms with Crippen molar-refractivity contribution in [2.45, 2.75) is 90.3 Å². The molecule has 38 heavy (non-hydrogen) atoms. The van der Waals surface area contributed by atoms with Gasteiger partial charge in [0, 0.05) is 12.0 Å². The summed E-state index contributed by atoms with van der Waals surface area (Å²) < 4.78 is 16.9. The number of carbonyl (C=O) groups excluding carboxylic acids is 2. The van der Waals surface area contributed by atoms with Crippen LogP contribution in [0.2, 0.25) is 0 Å². The van der Waals surface area contributed by atoms with E-state index in [1.165, 1.54) is 0 Å². The highest BCUT2D eigenvalue weighted by Gasteiger charge is 2.49. The van der Waals surface area contributed by atoms with Crippen molar-refractivity contribution in [1.29, 1.82) is 0 Å². The third-order valence-electron chi connectivity index (χ3n) is 7.41. The number of rotatable bonds is 11. The van der Waals surface area contributed by atoms with Crippen LogP contribution in [0.4, 0.5) is 0 Å². The standard InChI is InChI=1S/C31H40N2O5/c1-6-8-14-27-32-31(17-9-10-18-31)28(34)33(27)21-24-16-15-23(20-26(24)36-5)22-12-11-13-25(19-22)38-30(3,4)29(35)37-7-2/h11-13,15-16,19-20H,6-10,14,17-18,21H2,1-5H3. The van der Waals surface area contributed by atoms with Gasteiger partial charge in [0.2, 0.25) is 0 Å². The van der Waals surface area contributed by atoms with Crippen molar-refractivity contribution >= 4 is 17.7 Å². The molecule has 0 bridgehead atoms. The van der Waals surface area contributed by atoms with Crippen molar-refractivity contribution in [3.05, 3.63) is 48.0 Å². The average molecular weight is 521 g/mol. The van der Waals surface area contributed by atoms with Crippen molar-refractivity contribution < 1.29 is 23.8 Å². The molecule has 1 aliphatic carbocycles. The van der Waals surface area contributed by atoms with E-state index in [9.17, 15) is 9.59 Å². The third kappa shape index (κ3) is 5.71. The van der Waals surface area contributed by atoms with Crippen LogP contribution in [-0.2, 0) is 20.9 Å². The van der Waals surface area contributed by atoms with Crippen LogP contribution in [0.25, 0.3) is 11.1 Å². The van der Waals surface area contributed by atoms with E-state index < -0.39 is 17.1 Å². The molecule has 1 fully saturated rings. The largest absolute Gasteiger partial charge is 0.496 e. The van der Waals surface area contributed by atoms with E-state index in [1.807, 2.05) is 47.4 Å². The molecule has 204 valence electrons. The summed E-state index contributed by atoms with van der Waals surface area (Å²) in [6, 6.07) is 13.6. The van der Waals surface area contributed by atoms with Crippen molar-refractivity contribution in [2.75, 3.05) is 13.7 Å². The van der Waals surface area contributed by atoms with Gasteiger partial charge in [-0.25, -0.2) is 4.79 Å². The molecule has 0 aromatic heterocycles. The highest BCUT2D eigenvalue weighted by Crippen LogP contribution is 2.41. The van der Waals surface area contributed by atoms with Crippen molar-refractivity contribution in [2.24, 2.45) is 4.99 Å². The molecule has 1 saturated carbocycles. The van der Waals surface area contributed by atoms with Gasteiger partial charge in [-0.15, -0.1) is 0 Å². The molecule has 1 aliphatic heterocycles. The van der Waals surface area contributed by atoms with Gasteiger partial charge in [0.05, 0.1) is 20.3 Å². The van der Waals surface area contributed by atoms with Crippen molar-refractivity contribution in [3.8, 4) is 22.6 Å². The Morgan fingerprint density at radius 3 is 2.50 bits per heavy atom. The summed E-state index contributed by atoms with van der Waals surface area (Å²) in [5.74, 6) is 1.94. The minimum absolute atomic E-state index is 0.140. The van der Waals surface area contributed by atoms with Crippen LogP contribution < -0.4 is 9.47 Å². The smallest absolute Gasteiger partial charge is 0.349 e. The lowest BCUT2D eigenvalue weighted by Crippen LogP contribution is -2.40. The summed E-state index contributed by atoms with van der Waals surface area (Å²) >= 11 is 0. The van der Waals surface area contributed by atoms with E-state index in [2.05, 4.69) is 6.92 Å². The molecule has 1 spiro atoms. The number of amidine groups is 1. The fraction of sp³-hybridized carbons (Fsp3) is 0.516. The average Bonchev–Trinajstić information content (AvgIpc) is 3.48. The van der Waals surface area contributed by atoms with E-state index in [0.29, 0.717) is 18.9 Å². The normalized spacial score (nSPS) is 16.6. The SMILES string of the molecule is CCCCC1=NC2(CCCC2)C(=O)N1Cc1ccc(-c2cccc(OC(C)(C)C(=O)OCC)c2)cc1OC. The van der Waals surface area contributed by atoms with Crippen molar-refractivity contribution in [1.82, 2.24) is 4.90 Å². The van der Waals surface area contributed by atoms with Gasteiger partial charge >= 0.3 is 5.97 Å². The first kappa shape index (κ1) is 27.7. The molecule has 0 N–H and O–H groups in total. The molecule has 7 heteroatoms. The van der Waals surface area contributed by atoms with Gasteiger partial charge in [0.1, 0.15) is 22.9 Å². The predicted molar refractivity (Wildman–Crippen MR) is 148 cm³/mol. The molecule has 2 aliphatic rings. The third-order valence-corrected chi connectivity index (χ3v) is 7.41. The highest BCUT2D eigenvalue weighted by molar-refractivity contribution is 6.08. The lowest BCUT2D eigenvalue weighted by atomic mass is 9.97. The molecule has 0 unspecified atom stereocenters. The minimum atomic E-state index is -1.10. The second-order valence-electron chi connectivity index (χ2n) is 10.6. The Kier molecular flexibility index (Phi) is 8.44. The molecule has 2 aromatic rings. The van der Waals surface area contributed by atoms with E-state index >= 15 is 0 Å². The number of nitrogens with zero attached hydrogens (tertiary/aromatic N) is 2. The van der Waals surface area contributed by atoms with E-state index in [0.717, 1.165) is 73.2 Å². The second-order valence-corrected chi connectivity index (χ2v) is 10.6. The first-order valence-electron chi connectivity index (χ1n) is 13.8. The number of amides is 1. The Morgan fingerprint density at radius 2 is 1.82 bits per heavy atom. The quantitative estimate of drug-likeness (QED) is 0.324. The Hall–Kier alpha value is -3.35. The minimum Gasteiger partial charge on any atom is -0.496 e. The van der Waals surface area contributed by atoms with Gasteiger partial charge in [0.15, 0.2) is 5.60 Å². The van der Waals surface area contributed by atoms with Crippen LogP contribution in [0, 0.1) is 0 Å². The van der Waals surface area contributed by atoms with Crippen LogP contribution in [0.5, 0.6) is 11.5 Å². The molecule has 1 amide bonds. The molecule has 0 saturated heterocycles. The molecule has 4 rings (SSSR count). The van der Waals surface area contributed by atoms with Gasteiger partial charge in [-0.3, -0.25) is 14.7 Å². The number of ether oxygens (including phenoxy) is 3. The number of hydrogen-bond acceptors (Lipinski definition) is 6. The second kappa shape index (κ2) is 11.6. The zero-order chi connectivity index (χ0) is 27.3.